The first-order chi connectivity index (χ1) is 7.96. The summed E-state index contributed by atoms with van der Waals surface area (Å²) in [6.45, 7) is 5.68. The van der Waals surface area contributed by atoms with E-state index < -0.39 is 0 Å². The molecule has 2 N–H and O–H groups in total. The average molecular weight is 242 g/mol. The number of carbonyl (C=O) groups is 1. The lowest BCUT2D eigenvalue weighted by molar-refractivity contribution is -0.137. The second kappa shape index (κ2) is 6.36. The third-order valence-electron chi connectivity index (χ3n) is 3.74. The van der Waals surface area contributed by atoms with E-state index in [1.165, 1.54) is 12.8 Å². The fourth-order valence-corrected chi connectivity index (χ4v) is 2.32. The zero-order chi connectivity index (χ0) is 12.9. The number of hydrogen-bond donors (Lipinski definition) is 1. The Balaban J connectivity index is 2.32. The van der Waals surface area contributed by atoms with Crippen LogP contribution in [-0.4, -0.2) is 43.7 Å². The summed E-state index contributed by atoms with van der Waals surface area (Å²) >= 11 is 0. The van der Waals surface area contributed by atoms with Gasteiger partial charge in [-0.25, -0.2) is 0 Å². The highest BCUT2D eigenvalue weighted by atomic mass is 16.5. The molecule has 1 saturated carbocycles. The van der Waals surface area contributed by atoms with Crippen LogP contribution in [0.2, 0.25) is 0 Å². The van der Waals surface area contributed by atoms with Crippen LogP contribution in [0.1, 0.15) is 39.5 Å². The fraction of sp³-hybridized carbons (Fsp3) is 0.923. The minimum Gasteiger partial charge on any atom is -0.370 e. The molecular weight excluding hydrogens is 216 g/mol. The Morgan fingerprint density at radius 3 is 2.53 bits per heavy atom. The molecular formula is C13H26N2O2. The van der Waals surface area contributed by atoms with Crippen molar-refractivity contribution in [3.05, 3.63) is 0 Å². The van der Waals surface area contributed by atoms with E-state index in [2.05, 4.69) is 13.8 Å². The van der Waals surface area contributed by atoms with Gasteiger partial charge in [0.1, 0.15) is 6.61 Å². The number of nitrogens with zero attached hydrogens (tertiary/aromatic N) is 1. The average Bonchev–Trinajstić information content (AvgIpc) is 2.28. The predicted molar refractivity (Wildman–Crippen MR) is 68.7 cm³/mol. The van der Waals surface area contributed by atoms with Crippen molar-refractivity contribution in [1.29, 1.82) is 0 Å². The first-order valence-corrected chi connectivity index (χ1v) is 6.50. The van der Waals surface area contributed by atoms with Gasteiger partial charge in [0.15, 0.2) is 0 Å². The van der Waals surface area contributed by atoms with Crippen molar-refractivity contribution in [2.45, 2.75) is 45.6 Å². The van der Waals surface area contributed by atoms with E-state index in [4.69, 9.17) is 10.5 Å². The van der Waals surface area contributed by atoms with Crippen molar-refractivity contribution in [3.63, 3.8) is 0 Å². The molecule has 4 heteroatoms. The first-order valence-electron chi connectivity index (χ1n) is 6.50. The Hall–Kier alpha value is -0.610. The van der Waals surface area contributed by atoms with Gasteiger partial charge in [0.2, 0.25) is 5.91 Å². The molecule has 1 fully saturated rings. The lowest BCUT2D eigenvalue weighted by Crippen LogP contribution is -2.42. The van der Waals surface area contributed by atoms with E-state index in [0.717, 1.165) is 12.8 Å². The number of hydrogen-bond acceptors (Lipinski definition) is 3. The number of amides is 1. The van der Waals surface area contributed by atoms with Gasteiger partial charge >= 0.3 is 0 Å². The van der Waals surface area contributed by atoms with Gasteiger partial charge < -0.3 is 15.4 Å². The lowest BCUT2D eigenvalue weighted by Gasteiger charge is -2.38. The maximum atomic E-state index is 11.8. The number of carbonyl (C=O) groups excluding carboxylic acids is 1. The van der Waals surface area contributed by atoms with Gasteiger partial charge in [-0.2, -0.15) is 0 Å². The molecule has 0 atom stereocenters. The van der Waals surface area contributed by atoms with Crippen LogP contribution in [0.3, 0.4) is 0 Å². The molecule has 1 rings (SSSR count). The molecule has 1 aliphatic rings. The minimum atomic E-state index is 0.0724. The Bertz CT molecular complexity index is 244. The SMILES string of the molecule is CN(C(=O)COCCN)C1CCC(C)(C)CC1. The highest BCUT2D eigenvalue weighted by Gasteiger charge is 2.30. The zero-order valence-electron chi connectivity index (χ0n) is 11.4. The molecule has 4 nitrogen and oxygen atoms in total. The molecule has 17 heavy (non-hydrogen) atoms. The standard InChI is InChI=1S/C13H26N2O2/c1-13(2)6-4-11(5-7-13)15(3)12(16)10-17-9-8-14/h11H,4-10,14H2,1-3H3. The monoisotopic (exact) mass is 242 g/mol. The van der Waals surface area contributed by atoms with E-state index in [1.54, 1.807) is 0 Å². The van der Waals surface area contributed by atoms with E-state index in [-0.39, 0.29) is 12.5 Å². The van der Waals surface area contributed by atoms with Crippen LogP contribution in [0.5, 0.6) is 0 Å². The van der Waals surface area contributed by atoms with Crippen molar-refractivity contribution in [3.8, 4) is 0 Å². The Morgan fingerprint density at radius 2 is 2.00 bits per heavy atom. The van der Waals surface area contributed by atoms with Crippen LogP contribution >= 0.6 is 0 Å². The molecule has 1 aliphatic carbocycles. The summed E-state index contributed by atoms with van der Waals surface area (Å²) in [7, 11) is 1.89. The van der Waals surface area contributed by atoms with E-state index in [9.17, 15) is 4.79 Å². The van der Waals surface area contributed by atoms with Crippen molar-refractivity contribution < 1.29 is 9.53 Å². The van der Waals surface area contributed by atoms with Crippen molar-refractivity contribution >= 4 is 5.91 Å². The molecule has 1 amide bonds. The molecule has 0 aromatic rings. The summed E-state index contributed by atoms with van der Waals surface area (Å²) in [4.78, 5) is 13.7. The topological polar surface area (TPSA) is 55.6 Å². The summed E-state index contributed by atoms with van der Waals surface area (Å²) in [6.07, 6.45) is 4.59. The molecule has 0 aliphatic heterocycles. The van der Waals surface area contributed by atoms with Gasteiger partial charge in [0.05, 0.1) is 6.61 Å². The maximum Gasteiger partial charge on any atom is 0.248 e. The van der Waals surface area contributed by atoms with E-state index in [0.29, 0.717) is 24.6 Å². The highest BCUT2D eigenvalue weighted by molar-refractivity contribution is 5.77. The Kier molecular flexibility index (Phi) is 5.40. The summed E-state index contributed by atoms with van der Waals surface area (Å²) in [6, 6.07) is 0.386. The molecule has 0 aromatic carbocycles. The van der Waals surface area contributed by atoms with Gasteiger partial charge in [-0.15, -0.1) is 0 Å². The zero-order valence-corrected chi connectivity index (χ0v) is 11.4. The minimum absolute atomic E-state index is 0.0724. The second-order valence-corrected chi connectivity index (χ2v) is 5.74. The van der Waals surface area contributed by atoms with Gasteiger partial charge in [0, 0.05) is 19.6 Å². The summed E-state index contributed by atoms with van der Waals surface area (Å²) < 4.78 is 5.18. The van der Waals surface area contributed by atoms with E-state index >= 15 is 0 Å². The molecule has 0 spiro atoms. The fourth-order valence-electron chi connectivity index (χ4n) is 2.32. The first kappa shape index (κ1) is 14.5. The molecule has 0 saturated heterocycles. The molecule has 0 bridgehead atoms. The van der Waals surface area contributed by atoms with Crippen LogP contribution < -0.4 is 5.73 Å². The predicted octanol–water partition coefficient (Wildman–Crippen LogP) is 1.39. The van der Waals surface area contributed by atoms with Crippen LogP contribution in [0, 0.1) is 5.41 Å². The van der Waals surface area contributed by atoms with Crippen molar-refractivity contribution in [2.24, 2.45) is 11.1 Å². The summed E-state index contributed by atoms with van der Waals surface area (Å²) in [5.41, 5.74) is 5.75. The van der Waals surface area contributed by atoms with Gasteiger partial charge in [-0.1, -0.05) is 13.8 Å². The highest BCUT2D eigenvalue weighted by Crippen LogP contribution is 2.36. The Labute approximate surface area is 104 Å². The van der Waals surface area contributed by atoms with Crippen molar-refractivity contribution in [2.75, 3.05) is 26.8 Å². The van der Waals surface area contributed by atoms with Gasteiger partial charge in [-0.05, 0) is 31.1 Å². The van der Waals surface area contributed by atoms with Crippen LogP contribution in [-0.2, 0) is 9.53 Å². The van der Waals surface area contributed by atoms with Crippen LogP contribution in [0.15, 0.2) is 0 Å². The molecule has 0 heterocycles. The third kappa shape index (κ3) is 4.64. The Morgan fingerprint density at radius 1 is 1.41 bits per heavy atom. The van der Waals surface area contributed by atoms with Gasteiger partial charge in [0.25, 0.3) is 0 Å². The molecule has 0 radical (unpaired) electrons. The molecule has 100 valence electrons. The van der Waals surface area contributed by atoms with Crippen LogP contribution in [0.4, 0.5) is 0 Å². The summed E-state index contributed by atoms with van der Waals surface area (Å²) in [5, 5.41) is 0. The maximum absolute atomic E-state index is 11.8. The normalized spacial score (nSPS) is 20.2. The smallest absolute Gasteiger partial charge is 0.248 e. The number of ether oxygens (including phenoxy) is 1. The second-order valence-electron chi connectivity index (χ2n) is 5.74. The number of rotatable bonds is 5. The lowest BCUT2D eigenvalue weighted by atomic mass is 9.75. The molecule has 0 unspecified atom stereocenters. The van der Waals surface area contributed by atoms with E-state index in [1.807, 2.05) is 11.9 Å². The van der Waals surface area contributed by atoms with Crippen molar-refractivity contribution in [1.82, 2.24) is 4.90 Å². The number of likely N-dealkylation sites (N-methyl/N-ethyl adjacent to an activating group) is 1. The summed E-state index contributed by atoms with van der Waals surface area (Å²) in [5.74, 6) is 0.0724. The largest absolute Gasteiger partial charge is 0.370 e. The molecule has 0 aromatic heterocycles. The third-order valence-corrected chi connectivity index (χ3v) is 3.74. The van der Waals surface area contributed by atoms with Crippen LogP contribution in [0.25, 0.3) is 0 Å². The quantitative estimate of drug-likeness (QED) is 0.741. The van der Waals surface area contributed by atoms with Gasteiger partial charge in [-0.3, -0.25) is 4.79 Å². The number of nitrogens with two attached hydrogens (primary N) is 1.